The molecule has 1 N–H and O–H groups in total. The molecule has 0 radical (unpaired) electrons. The molecule has 0 aromatic carbocycles. The van der Waals surface area contributed by atoms with E-state index in [-0.39, 0.29) is 0 Å². The van der Waals surface area contributed by atoms with E-state index in [0.29, 0.717) is 0 Å². The highest BCUT2D eigenvalue weighted by Crippen LogP contribution is 2.27. The molecular formula is C12H17FO8. The number of ether oxygens (including phenoxy) is 4. The molecule has 1 saturated heterocycles. The smallest absolute Gasteiger partial charge is 0.303 e. The van der Waals surface area contributed by atoms with Crippen LogP contribution in [0.5, 0.6) is 0 Å². The monoisotopic (exact) mass is 308 g/mol. The minimum atomic E-state index is -2.03. The van der Waals surface area contributed by atoms with E-state index in [9.17, 15) is 23.9 Å². The van der Waals surface area contributed by atoms with Crippen LogP contribution >= 0.6 is 0 Å². The molecule has 120 valence electrons. The van der Waals surface area contributed by atoms with Crippen LogP contribution in [-0.4, -0.2) is 60.4 Å². The van der Waals surface area contributed by atoms with E-state index < -0.39 is 55.3 Å². The van der Waals surface area contributed by atoms with E-state index in [4.69, 9.17) is 9.47 Å². The second kappa shape index (κ2) is 7.32. The Labute approximate surface area is 120 Å². The van der Waals surface area contributed by atoms with Crippen LogP contribution in [0.15, 0.2) is 0 Å². The lowest BCUT2D eigenvalue weighted by Gasteiger charge is -2.39. The van der Waals surface area contributed by atoms with Gasteiger partial charge in [-0.15, -0.1) is 0 Å². The van der Waals surface area contributed by atoms with Crippen LogP contribution in [0, 0.1) is 0 Å². The van der Waals surface area contributed by atoms with Gasteiger partial charge in [0.15, 0.2) is 24.7 Å². The van der Waals surface area contributed by atoms with Crippen molar-refractivity contribution >= 4 is 17.9 Å². The molecule has 0 aromatic rings. The topological polar surface area (TPSA) is 108 Å². The third-order valence-corrected chi connectivity index (χ3v) is 2.64. The van der Waals surface area contributed by atoms with Crippen molar-refractivity contribution in [3.8, 4) is 0 Å². The molecule has 0 bridgehead atoms. The fraction of sp³-hybridized carbons (Fsp3) is 0.750. The highest BCUT2D eigenvalue weighted by Gasteiger charge is 2.50. The maximum Gasteiger partial charge on any atom is 0.303 e. The van der Waals surface area contributed by atoms with Crippen molar-refractivity contribution in [2.45, 2.75) is 51.5 Å². The summed E-state index contributed by atoms with van der Waals surface area (Å²) < 4.78 is 33.4. The number of halogens is 1. The Bertz CT molecular complexity index is 410. The van der Waals surface area contributed by atoms with Crippen molar-refractivity contribution < 1.29 is 42.8 Å². The highest BCUT2D eigenvalue weighted by molar-refractivity contribution is 5.67. The minimum absolute atomic E-state index is 0.419. The zero-order valence-electron chi connectivity index (χ0n) is 11.8. The lowest BCUT2D eigenvalue weighted by Crippen LogP contribution is -2.59. The Balaban J connectivity index is 2.86. The second-order valence-electron chi connectivity index (χ2n) is 4.46. The molecule has 1 unspecified atom stereocenters. The average Bonchev–Trinajstić information content (AvgIpc) is 2.35. The summed E-state index contributed by atoms with van der Waals surface area (Å²) in [5.41, 5.74) is 0. The number of carbonyl (C=O) groups is 3. The predicted molar refractivity (Wildman–Crippen MR) is 63.5 cm³/mol. The zero-order valence-corrected chi connectivity index (χ0v) is 11.8. The number of aliphatic hydroxyl groups excluding tert-OH is 1. The normalized spacial score (nSPS) is 32.1. The van der Waals surface area contributed by atoms with Gasteiger partial charge in [0.25, 0.3) is 0 Å². The summed E-state index contributed by atoms with van der Waals surface area (Å²) in [4.78, 5) is 32.7. The lowest BCUT2D eigenvalue weighted by atomic mass is 10.00. The van der Waals surface area contributed by atoms with Gasteiger partial charge in [0.2, 0.25) is 0 Å². The number of hydrogen-bond acceptors (Lipinski definition) is 8. The number of aliphatic hydroxyl groups is 1. The Morgan fingerprint density at radius 2 is 1.57 bits per heavy atom. The summed E-state index contributed by atoms with van der Waals surface area (Å²) in [7, 11) is 0. The Morgan fingerprint density at radius 1 is 1.05 bits per heavy atom. The van der Waals surface area contributed by atoms with Crippen molar-refractivity contribution in [2.24, 2.45) is 0 Å². The van der Waals surface area contributed by atoms with Crippen molar-refractivity contribution in [2.75, 3.05) is 6.61 Å². The third-order valence-electron chi connectivity index (χ3n) is 2.64. The first-order valence-corrected chi connectivity index (χ1v) is 6.17. The molecule has 1 rings (SSSR count). The van der Waals surface area contributed by atoms with E-state index in [0.717, 1.165) is 20.8 Å². The molecule has 9 heteroatoms. The summed E-state index contributed by atoms with van der Waals surface area (Å²) in [5.74, 6) is -2.27. The Morgan fingerprint density at radius 3 is 2.05 bits per heavy atom. The summed E-state index contributed by atoms with van der Waals surface area (Å²) in [6.07, 6.45) is -8.12. The Kier molecular flexibility index (Phi) is 6.03. The van der Waals surface area contributed by atoms with Crippen molar-refractivity contribution in [1.29, 1.82) is 0 Å². The number of carbonyl (C=O) groups excluding carboxylic acids is 3. The van der Waals surface area contributed by atoms with E-state index in [1.165, 1.54) is 0 Å². The van der Waals surface area contributed by atoms with Crippen LogP contribution in [-0.2, 0) is 33.3 Å². The number of esters is 3. The molecule has 0 spiro atoms. The molecule has 8 nitrogen and oxygen atoms in total. The number of rotatable bonds is 4. The molecule has 1 aliphatic rings. The van der Waals surface area contributed by atoms with Gasteiger partial charge in [-0.1, -0.05) is 0 Å². The first-order valence-electron chi connectivity index (χ1n) is 6.17. The second-order valence-corrected chi connectivity index (χ2v) is 4.46. The average molecular weight is 308 g/mol. The summed E-state index contributed by atoms with van der Waals surface area (Å²) >= 11 is 0. The molecule has 0 saturated carbocycles. The predicted octanol–water partition coefficient (Wildman–Crippen LogP) is -0.532. The van der Waals surface area contributed by atoms with Gasteiger partial charge < -0.3 is 24.1 Å². The van der Waals surface area contributed by atoms with Crippen LogP contribution in [0.4, 0.5) is 4.39 Å². The molecule has 1 heterocycles. The van der Waals surface area contributed by atoms with E-state index >= 15 is 0 Å². The van der Waals surface area contributed by atoms with Crippen molar-refractivity contribution in [3.05, 3.63) is 0 Å². The first-order chi connectivity index (χ1) is 9.72. The third kappa shape index (κ3) is 4.94. The number of alkyl halides is 1. The molecule has 5 atom stereocenters. The molecule has 0 aromatic heterocycles. The van der Waals surface area contributed by atoms with Crippen LogP contribution in [0.25, 0.3) is 0 Å². The van der Waals surface area contributed by atoms with Gasteiger partial charge >= 0.3 is 17.9 Å². The van der Waals surface area contributed by atoms with Gasteiger partial charge in [0.05, 0.1) is 0 Å². The largest absolute Gasteiger partial charge is 0.463 e. The van der Waals surface area contributed by atoms with Crippen LogP contribution < -0.4 is 0 Å². The first kappa shape index (κ1) is 17.3. The molecule has 0 aliphatic carbocycles. The molecule has 0 amide bonds. The molecule has 21 heavy (non-hydrogen) atoms. The summed E-state index contributed by atoms with van der Waals surface area (Å²) in [6.45, 7) is 2.80. The van der Waals surface area contributed by atoms with Gasteiger partial charge in [-0.25, -0.2) is 4.39 Å². The molecular weight excluding hydrogens is 291 g/mol. The standard InChI is InChI=1S/C12H17FO8/c1-5(14)18-4-8-10(19-6(2)15)9(13)11(12(17)21-8)20-7(3)16/h8-12,17H,4H2,1-3H3/t8-,9-,10-,11-,12?/m1/s1. The van der Waals surface area contributed by atoms with E-state index in [1.807, 2.05) is 0 Å². The quantitative estimate of drug-likeness (QED) is 0.545. The molecule has 1 fully saturated rings. The lowest BCUT2D eigenvalue weighted by molar-refractivity contribution is -0.283. The van der Waals surface area contributed by atoms with Gasteiger partial charge in [0.1, 0.15) is 12.7 Å². The van der Waals surface area contributed by atoms with E-state index in [1.54, 1.807) is 0 Å². The van der Waals surface area contributed by atoms with Crippen molar-refractivity contribution in [3.63, 3.8) is 0 Å². The minimum Gasteiger partial charge on any atom is -0.463 e. The van der Waals surface area contributed by atoms with Crippen LogP contribution in [0.2, 0.25) is 0 Å². The summed E-state index contributed by atoms with van der Waals surface area (Å²) in [6, 6.07) is 0. The molecule has 1 aliphatic heterocycles. The van der Waals surface area contributed by atoms with Gasteiger partial charge in [-0.3, -0.25) is 14.4 Å². The number of hydrogen-bond donors (Lipinski definition) is 1. The van der Waals surface area contributed by atoms with Crippen LogP contribution in [0.3, 0.4) is 0 Å². The van der Waals surface area contributed by atoms with Gasteiger partial charge in [-0.2, -0.15) is 0 Å². The SMILES string of the molecule is CC(=O)OC[C@H]1OC(O)[C@H](OC(C)=O)[C@H](F)[C@@H]1OC(C)=O. The maximum absolute atomic E-state index is 14.3. The highest BCUT2D eigenvalue weighted by atomic mass is 19.1. The summed E-state index contributed by atoms with van der Waals surface area (Å²) in [5, 5.41) is 9.66. The zero-order chi connectivity index (χ0) is 16.2. The van der Waals surface area contributed by atoms with Crippen LogP contribution in [0.1, 0.15) is 20.8 Å². The van der Waals surface area contributed by atoms with Gasteiger partial charge in [0, 0.05) is 20.8 Å². The Hall–Kier alpha value is -1.74. The van der Waals surface area contributed by atoms with E-state index in [2.05, 4.69) is 9.47 Å². The maximum atomic E-state index is 14.3. The van der Waals surface area contributed by atoms with Crippen molar-refractivity contribution in [1.82, 2.24) is 0 Å². The fourth-order valence-corrected chi connectivity index (χ4v) is 1.86. The fourth-order valence-electron chi connectivity index (χ4n) is 1.86. The van der Waals surface area contributed by atoms with Gasteiger partial charge in [-0.05, 0) is 0 Å².